The minimum atomic E-state index is -0.437. The van der Waals surface area contributed by atoms with Crippen molar-refractivity contribution in [1.82, 2.24) is 0 Å². The first-order valence-corrected chi connectivity index (χ1v) is 7.68. The molecule has 0 radical (unpaired) electrons. The molecule has 108 valence electrons. The predicted molar refractivity (Wildman–Crippen MR) is 91.2 cm³/mol. The van der Waals surface area contributed by atoms with E-state index in [4.69, 9.17) is 12.2 Å². The van der Waals surface area contributed by atoms with Gasteiger partial charge in [0.1, 0.15) is 0 Å². The lowest BCUT2D eigenvalue weighted by atomic mass is 10.3. The van der Waals surface area contributed by atoms with Crippen LogP contribution in [0, 0.1) is 10.1 Å². The van der Waals surface area contributed by atoms with E-state index in [-0.39, 0.29) is 5.69 Å². The SMILES string of the molecule is CSc1ccc(NC(=S)Nc2ccc([N+](=O)[O-])cc2)cc1. The largest absolute Gasteiger partial charge is 0.332 e. The Labute approximate surface area is 131 Å². The summed E-state index contributed by atoms with van der Waals surface area (Å²) in [6.07, 6.45) is 2.02. The van der Waals surface area contributed by atoms with E-state index in [2.05, 4.69) is 10.6 Å². The molecule has 0 spiro atoms. The van der Waals surface area contributed by atoms with E-state index >= 15 is 0 Å². The third-order valence-corrected chi connectivity index (χ3v) is 3.63. The molecule has 0 heterocycles. The van der Waals surface area contributed by atoms with E-state index in [0.717, 1.165) is 5.69 Å². The van der Waals surface area contributed by atoms with Crippen molar-refractivity contribution in [3.05, 3.63) is 58.6 Å². The number of thioether (sulfide) groups is 1. The third-order valence-electron chi connectivity index (χ3n) is 2.68. The predicted octanol–water partition coefficient (Wildman–Crippen LogP) is 4.13. The van der Waals surface area contributed by atoms with Crippen LogP contribution in [0.4, 0.5) is 17.1 Å². The number of hydrogen-bond donors (Lipinski definition) is 2. The minimum Gasteiger partial charge on any atom is -0.332 e. The molecule has 2 N–H and O–H groups in total. The van der Waals surface area contributed by atoms with E-state index in [0.29, 0.717) is 10.8 Å². The van der Waals surface area contributed by atoms with Crippen molar-refractivity contribution >= 4 is 46.2 Å². The fourth-order valence-corrected chi connectivity index (χ4v) is 2.28. The normalized spacial score (nSPS) is 9.95. The quantitative estimate of drug-likeness (QED) is 0.382. The summed E-state index contributed by atoms with van der Waals surface area (Å²) in [6, 6.07) is 14.0. The van der Waals surface area contributed by atoms with Crippen LogP contribution in [0.2, 0.25) is 0 Å². The highest BCUT2D eigenvalue weighted by atomic mass is 32.2. The zero-order valence-corrected chi connectivity index (χ0v) is 12.8. The standard InChI is InChI=1S/C14H13N3O2S2/c1-21-13-8-4-11(5-9-13)16-14(20)15-10-2-6-12(7-3-10)17(18)19/h2-9H,1H3,(H2,15,16,20). The molecule has 0 aliphatic carbocycles. The Morgan fingerprint density at radius 3 is 1.95 bits per heavy atom. The number of nitro benzene ring substituents is 1. The topological polar surface area (TPSA) is 67.2 Å². The van der Waals surface area contributed by atoms with Gasteiger partial charge in [-0.15, -0.1) is 11.8 Å². The van der Waals surface area contributed by atoms with Crippen molar-refractivity contribution in [1.29, 1.82) is 0 Å². The second kappa shape index (κ2) is 7.05. The molecule has 0 unspecified atom stereocenters. The molecule has 2 aromatic rings. The number of non-ortho nitro benzene ring substituents is 1. The van der Waals surface area contributed by atoms with E-state index in [1.165, 1.54) is 17.0 Å². The second-order valence-corrected chi connectivity index (χ2v) is 5.40. The summed E-state index contributed by atoms with van der Waals surface area (Å²) in [5.41, 5.74) is 1.62. The van der Waals surface area contributed by atoms with E-state index in [9.17, 15) is 10.1 Å². The van der Waals surface area contributed by atoms with Crippen LogP contribution < -0.4 is 10.6 Å². The summed E-state index contributed by atoms with van der Waals surface area (Å²) >= 11 is 6.87. The molecule has 0 saturated heterocycles. The average Bonchev–Trinajstić information content (AvgIpc) is 2.48. The Bertz CT molecular complexity index is 642. The number of hydrogen-bond acceptors (Lipinski definition) is 4. The maximum absolute atomic E-state index is 10.6. The van der Waals surface area contributed by atoms with Gasteiger partial charge >= 0.3 is 0 Å². The highest BCUT2D eigenvalue weighted by molar-refractivity contribution is 7.98. The molecule has 21 heavy (non-hydrogen) atoms. The molecule has 0 aromatic heterocycles. The van der Waals surface area contributed by atoms with Crippen molar-refractivity contribution in [2.24, 2.45) is 0 Å². The molecule has 0 bridgehead atoms. The van der Waals surface area contributed by atoms with Crippen molar-refractivity contribution in [2.45, 2.75) is 4.90 Å². The lowest BCUT2D eigenvalue weighted by Crippen LogP contribution is -2.18. The van der Waals surface area contributed by atoms with Crippen molar-refractivity contribution in [2.75, 3.05) is 16.9 Å². The third kappa shape index (κ3) is 4.44. The van der Waals surface area contributed by atoms with Gasteiger partial charge < -0.3 is 10.6 Å². The van der Waals surface area contributed by atoms with Gasteiger partial charge in [-0.3, -0.25) is 10.1 Å². The molecule has 2 aromatic carbocycles. The number of benzene rings is 2. The van der Waals surface area contributed by atoms with Crippen LogP contribution in [0.1, 0.15) is 0 Å². The van der Waals surface area contributed by atoms with Crippen molar-refractivity contribution < 1.29 is 4.92 Å². The maximum atomic E-state index is 10.6. The van der Waals surface area contributed by atoms with E-state index in [1.807, 2.05) is 30.5 Å². The molecular weight excluding hydrogens is 306 g/mol. The Morgan fingerprint density at radius 2 is 1.52 bits per heavy atom. The van der Waals surface area contributed by atoms with Crippen LogP contribution >= 0.6 is 24.0 Å². The molecule has 0 fully saturated rings. The van der Waals surface area contributed by atoms with Gasteiger partial charge in [0.15, 0.2) is 5.11 Å². The first-order valence-electron chi connectivity index (χ1n) is 6.05. The van der Waals surface area contributed by atoms with Gasteiger partial charge in [-0.05, 0) is 54.9 Å². The van der Waals surface area contributed by atoms with Gasteiger partial charge in [0.05, 0.1) is 4.92 Å². The molecule has 0 atom stereocenters. The lowest BCUT2D eigenvalue weighted by Gasteiger charge is -2.10. The van der Waals surface area contributed by atoms with Gasteiger partial charge in [0.2, 0.25) is 0 Å². The summed E-state index contributed by atoms with van der Waals surface area (Å²) in [5, 5.41) is 17.0. The number of thiocarbonyl (C=S) groups is 1. The Morgan fingerprint density at radius 1 is 1.05 bits per heavy atom. The summed E-state index contributed by atoms with van der Waals surface area (Å²) in [7, 11) is 0. The molecule has 0 saturated carbocycles. The molecule has 0 aliphatic rings. The smallest absolute Gasteiger partial charge is 0.269 e. The van der Waals surface area contributed by atoms with Crippen LogP contribution in [0.15, 0.2) is 53.4 Å². The summed E-state index contributed by atoms with van der Waals surface area (Å²) < 4.78 is 0. The van der Waals surface area contributed by atoms with Crippen molar-refractivity contribution in [3.63, 3.8) is 0 Å². The first kappa shape index (κ1) is 15.3. The Balaban J connectivity index is 1.95. The van der Waals surface area contributed by atoms with Crippen molar-refractivity contribution in [3.8, 4) is 0 Å². The summed E-state index contributed by atoms with van der Waals surface area (Å²) in [4.78, 5) is 11.3. The van der Waals surface area contributed by atoms with E-state index < -0.39 is 4.92 Å². The summed E-state index contributed by atoms with van der Waals surface area (Å²) in [6.45, 7) is 0. The van der Waals surface area contributed by atoms with Crippen LogP contribution in [0.3, 0.4) is 0 Å². The minimum absolute atomic E-state index is 0.0482. The van der Waals surface area contributed by atoms with Crippen LogP contribution in [0.25, 0.3) is 0 Å². The molecule has 5 nitrogen and oxygen atoms in total. The lowest BCUT2D eigenvalue weighted by molar-refractivity contribution is -0.384. The number of nitro groups is 1. The number of rotatable bonds is 4. The number of nitrogens with one attached hydrogen (secondary N) is 2. The Kier molecular flexibility index (Phi) is 5.13. The Hall–Kier alpha value is -2.12. The molecule has 2 rings (SSSR count). The van der Waals surface area contributed by atoms with Crippen LogP contribution in [-0.4, -0.2) is 16.3 Å². The average molecular weight is 319 g/mol. The van der Waals surface area contributed by atoms with Gasteiger partial charge in [-0.1, -0.05) is 0 Å². The van der Waals surface area contributed by atoms with E-state index in [1.54, 1.807) is 23.9 Å². The maximum Gasteiger partial charge on any atom is 0.269 e. The van der Waals surface area contributed by atoms with Gasteiger partial charge in [-0.25, -0.2) is 0 Å². The fourth-order valence-electron chi connectivity index (χ4n) is 1.63. The monoisotopic (exact) mass is 319 g/mol. The molecule has 0 aliphatic heterocycles. The van der Waals surface area contributed by atoms with Gasteiger partial charge in [-0.2, -0.15) is 0 Å². The molecule has 7 heteroatoms. The number of anilines is 2. The number of nitrogens with zero attached hydrogens (tertiary/aromatic N) is 1. The second-order valence-electron chi connectivity index (χ2n) is 4.11. The van der Waals surface area contributed by atoms with Gasteiger partial charge in [0.25, 0.3) is 5.69 Å². The molecule has 0 amide bonds. The molecular formula is C14H13N3O2S2. The highest BCUT2D eigenvalue weighted by Gasteiger charge is 2.05. The first-order chi connectivity index (χ1) is 10.1. The highest BCUT2D eigenvalue weighted by Crippen LogP contribution is 2.18. The van der Waals surface area contributed by atoms with Crippen LogP contribution in [0.5, 0.6) is 0 Å². The summed E-state index contributed by atoms with van der Waals surface area (Å²) in [5.74, 6) is 0. The zero-order chi connectivity index (χ0) is 15.2. The van der Waals surface area contributed by atoms with Crippen LogP contribution in [-0.2, 0) is 0 Å². The zero-order valence-electron chi connectivity index (χ0n) is 11.2. The fraction of sp³-hybridized carbons (Fsp3) is 0.0714. The van der Waals surface area contributed by atoms with Gasteiger partial charge in [0, 0.05) is 28.4 Å².